The van der Waals surface area contributed by atoms with E-state index in [1.54, 1.807) is 0 Å². The lowest BCUT2D eigenvalue weighted by Gasteiger charge is -2.28. The van der Waals surface area contributed by atoms with Crippen molar-refractivity contribution in [2.75, 3.05) is 13.2 Å². The molecule has 2 aliphatic carbocycles. The van der Waals surface area contributed by atoms with E-state index in [2.05, 4.69) is 19.1 Å². The summed E-state index contributed by atoms with van der Waals surface area (Å²) in [6.07, 6.45) is 5.52. The average molecular weight is 287 g/mol. The molecule has 1 aromatic rings. The summed E-state index contributed by atoms with van der Waals surface area (Å²) in [5, 5.41) is 0. The van der Waals surface area contributed by atoms with Crippen LogP contribution in [-0.4, -0.2) is 13.2 Å². The molecular formula is C18H25NO2. The first-order valence-corrected chi connectivity index (χ1v) is 8.36. The average Bonchev–Trinajstić information content (AvgIpc) is 3.08. The summed E-state index contributed by atoms with van der Waals surface area (Å²) in [6, 6.07) is 6.43. The summed E-state index contributed by atoms with van der Waals surface area (Å²) in [5.74, 6) is 4.61. The van der Waals surface area contributed by atoms with Crippen LogP contribution in [0, 0.1) is 23.7 Å². The molecule has 2 N–H and O–H groups in total. The number of rotatable bonds is 2. The molecule has 5 unspecified atom stereocenters. The van der Waals surface area contributed by atoms with E-state index < -0.39 is 0 Å². The van der Waals surface area contributed by atoms with E-state index in [4.69, 9.17) is 15.2 Å². The molecule has 1 heterocycles. The van der Waals surface area contributed by atoms with Crippen molar-refractivity contribution in [2.45, 2.75) is 38.6 Å². The lowest BCUT2D eigenvalue weighted by Crippen LogP contribution is -2.26. The predicted molar refractivity (Wildman–Crippen MR) is 82.5 cm³/mol. The summed E-state index contributed by atoms with van der Waals surface area (Å²) in [6.45, 7) is 3.60. The van der Waals surface area contributed by atoms with Crippen molar-refractivity contribution >= 4 is 0 Å². The number of nitrogens with two attached hydrogens (primary N) is 1. The van der Waals surface area contributed by atoms with E-state index in [0.29, 0.717) is 11.8 Å². The topological polar surface area (TPSA) is 44.5 Å². The van der Waals surface area contributed by atoms with Gasteiger partial charge in [0.1, 0.15) is 0 Å². The van der Waals surface area contributed by atoms with Crippen LogP contribution in [0.4, 0.5) is 0 Å². The first-order chi connectivity index (χ1) is 10.2. The van der Waals surface area contributed by atoms with Gasteiger partial charge in [0.05, 0.1) is 13.2 Å². The van der Waals surface area contributed by atoms with E-state index in [1.807, 2.05) is 6.07 Å². The van der Waals surface area contributed by atoms with Crippen LogP contribution in [0.3, 0.4) is 0 Å². The highest BCUT2D eigenvalue weighted by Crippen LogP contribution is 2.52. The maximum Gasteiger partial charge on any atom is 0.161 e. The zero-order chi connectivity index (χ0) is 14.4. The highest BCUT2D eigenvalue weighted by atomic mass is 16.5. The van der Waals surface area contributed by atoms with Gasteiger partial charge in [-0.15, -0.1) is 0 Å². The second-order valence-corrected chi connectivity index (χ2v) is 7.30. The zero-order valence-corrected chi connectivity index (χ0v) is 12.8. The minimum atomic E-state index is 0.148. The minimum absolute atomic E-state index is 0.148. The molecule has 114 valence electrons. The molecule has 2 bridgehead atoms. The van der Waals surface area contributed by atoms with Gasteiger partial charge >= 0.3 is 0 Å². The van der Waals surface area contributed by atoms with Crippen molar-refractivity contribution < 1.29 is 9.47 Å². The zero-order valence-electron chi connectivity index (χ0n) is 12.8. The quantitative estimate of drug-likeness (QED) is 0.905. The Bertz CT molecular complexity index is 530. The second kappa shape index (κ2) is 5.20. The number of hydrogen-bond donors (Lipinski definition) is 1. The molecule has 3 heteroatoms. The fourth-order valence-electron chi connectivity index (χ4n) is 4.46. The van der Waals surface area contributed by atoms with E-state index >= 15 is 0 Å². The van der Waals surface area contributed by atoms with Crippen LogP contribution in [-0.2, 0) is 0 Å². The standard InChI is InChI=1S/C18H25NO2/c1-11-9-20-16-5-4-14(8-17(16)21-10-11)18(19)15-7-12-2-3-13(15)6-12/h4-5,8,11-13,15,18H,2-3,6-7,9-10,19H2,1H3. The van der Waals surface area contributed by atoms with Crippen LogP contribution in [0.5, 0.6) is 11.5 Å². The van der Waals surface area contributed by atoms with Crippen LogP contribution in [0.1, 0.15) is 44.2 Å². The molecule has 4 rings (SSSR count). The maximum absolute atomic E-state index is 6.59. The Labute approximate surface area is 126 Å². The summed E-state index contributed by atoms with van der Waals surface area (Å²) >= 11 is 0. The van der Waals surface area contributed by atoms with E-state index in [1.165, 1.54) is 31.2 Å². The van der Waals surface area contributed by atoms with Gasteiger partial charge in [0.25, 0.3) is 0 Å². The van der Waals surface area contributed by atoms with E-state index in [9.17, 15) is 0 Å². The third-order valence-electron chi connectivity index (χ3n) is 5.65. The van der Waals surface area contributed by atoms with Crippen molar-refractivity contribution in [1.29, 1.82) is 0 Å². The first kappa shape index (κ1) is 13.4. The van der Waals surface area contributed by atoms with Gasteiger partial charge in [-0.2, -0.15) is 0 Å². The lowest BCUT2D eigenvalue weighted by atomic mass is 9.81. The molecule has 5 atom stereocenters. The highest BCUT2D eigenvalue weighted by molar-refractivity contribution is 5.44. The van der Waals surface area contributed by atoms with Crippen molar-refractivity contribution in [3.63, 3.8) is 0 Å². The van der Waals surface area contributed by atoms with Crippen molar-refractivity contribution in [3.8, 4) is 11.5 Å². The molecule has 3 nitrogen and oxygen atoms in total. The fourth-order valence-corrected chi connectivity index (χ4v) is 4.46. The molecule has 0 radical (unpaired) electrons. The monoisotopic (exact) mass is 287 g/mol. The molecule has 2 fully saturated rings. The summed E-state index contributed by atoms with van der Waals surface area (Å²) in [5.41, 5.74) is 7.80. The van der Waals surface area contributed by atoms with Gasteiger partial charge in [0.2, 0.25) is 0 Å². The molecule has 0 amide bonds. The third kappa shape index (κ3) is 2.42. The Balaban J connectivity index is 1.55. The van der Waals surface area contributed by atoms with Gasteiger partial charge in [-0.1, -0.05) is 19.4 Å². The largest absolute Gasteiger partial charge is 0.489 e. The fraction of sp³-hybridized carbons (Fsp3) is 0.667. The van der Waals surface area contributed by atoms with E-state index in [-0.39, 0.29) is 6.04 Å². The third-order valence-corrected chi connectivity index (χ3v) is 5.65. The Morgan fingerprint density at radius 3 is 2.62 bits per heavy atom. The van der Waals surface area contributed by atoms with Crippen LogP contribution in [0.15, 0.2) is 18.2 Å². The van der Waals surface area contributed by atoms with Gasteiger partial charge in [-0.05, 0) is 54.7 Å². The molecule has 21 heavy (non-hydrogen) atoms. The number of benzene rings is 1. The molecule has 0 spiro atoms. The maximum atomic E-state index is 6.59. The predicted octanol–water partition coefficient (Wildman–Crippen LogP) is 3.53. The molecule has 2 saturated carbocycles. The van der Waals surface area contributed by atoms with Gasteiger partial charge in [0, 0.05) is 12.0 Å². The van der Waals surface area contributed by atoms with Crippen molar-refractivity contribution in [1.82, 2.24) is 0 Å². The van der Waals surface area contributed by atoms with Crippen LogP contribution >= 0.6 is 0 Å². The lowest BCUT2D eigenvalue weighted by molar-refractivity contribution is 0.228. The Morgan fingerprint density at radius 2 is 1.90 bits per heavy atom. The molecule has 3 aliphatic rings. The van der Waals surface area contributed by atoms with Gasteiger partial charge < -0.3 is 15.2 Å². The molecule has 0 aromatic heterocycles. The summed E-state index contributed by atoms with van der Waals surface area (Å²) in [4.78, 5) is 0. The van der Waals surface area contributed by atoms with E-state index in [0.717, 1.165) is 36.5 Å². The Kier molecular flexibility index (Phi) is 3.33. The molecule has 1 aromatic carbocycles. The minimum Gasteiger partial charge on any atom is -0.489 e. The van der Waals surface area contributed by atoms with Gasteiger partial charge in [-0.25, -0.2) is 0 Å². The number of ether oxygens (including phenoxy) is 2. The van der Waals surface area contributed by atoms with Crippen LogP contribution in [0.25, 0.3) is 0 Å². The molecule has 1 aliphatic heterocycles. The van der Waals surface area contributed by atoms with Crippen molar-refractivity contribution in [3.05, 3.63) is 23.8 Å². The Morgan fingerprint density at radius 1 is 1.10 bits per heavy atom. The number of fused-ring (bicyclic) bond motifs is 3. The van der Waals surface area contributed by atoms with Crippen LogP contribution in [0.2, 0.25) is 0 Å². The molecular weight excluding hydrogens is 262 g/mol. The number of hydrogen-bond acceptors (Lipinski definition) is 3. The summed E-state index contributed by atoms with van der Waals surface area (Å²) in [7, 11) is 0. The van der Waals surface area contributed by atoms with Crippen molar-refractivity contribution in [2.24, 2.45) is 29.4 Å². The second-order valence-electron chi connectivity index (χ2n) is 7.30. The summed E-state index contributed by atoms with van der Waals surface area (Å²) < 4.78 is 11.7. The Hall–Kier alpha value is -1.22. The van der Waals surface area contributed by atoms with Crippen LogP contribution < -0.4 is 15.2 Å². The smallest absolute Gasteiger partial charge is 0.161 e. The normalized spacial score (nSPS) is 35.5. The first-order valence-electron chi connectivity index (χ1n) is 8.36. The molecule has 0 saturated heterocycles. The van der Waals surface area contributed by atoms with Gasteiger partial charge in [-0.3, -0.25) is 0 Å². The SMILES string of the molecule is CC1COc2ccc(C(N)C3CC4CCC3C4)cc2OC1. The van der Waals surface area contributed by atoms with Gasteiger partial charge in [0.15, 0.2) is 11.5 Å². The highest BCUT2D eigenvalue weighted by Gasteiger charge is 2.42.